The van der Waals surface area contributed by atoms with Gasteiger partial charge in [-0.05, 0) is 25.5 Å². The van der Waals surface area contributed by atoms with Crippen LogP contribution in [0.4, 0.5) is 5.82 Å². The normalized spacial score (nSPS) is 14.6. The maximum absolute atomic E-state index is 10.6. The first-order valence-corrected chi connectivity index (χ1v) is 5.74. The summed E-state index contributed by atoms with van der Waals surface area (Å²) in [5, 5.41) is 11.0. The van der Waals surface area contributed by atoms with Crippen molar-refractivity contribution in [3.8, 4) is 0 Å². The van der Waals surface area contributed by atoms with Gasteiger partial charge in [0.15, 0.2) is 0 Å². The third-order valence-electron chi connectivity index (χ3n) is 2.56. The van der Waals surface area contributed by atoms with E-state index < -0.39 is 5.60 Å². The summed E-state index contributed by atoms with van der Waals surface area (Å²) in [6, 6.07) is 1.61. The van der Waals surface area contributed by atoms with Crippen LogP contribution in [0.3, 0.4) is 0 Å². The van der Waals surface area contributed by atoms with E-state index in [0.29, 0.717) is 30.0 Å². The molecular weight excluding hydrogens is 242 g/mol. The van der Waals surface area contributed by atoms with Crippen molar-refractivity contribution in [3.05, 3.63) is 22.8 Å². The van der Waals surface area contributed by atoms with Crippen LogP contribution in [0, 0.1) is 0 Å². The van der Waals surface area contributed by atoms with Crippen molar-refractivity contribution in [3.63, 3.8) is 0 Å². The monoisotopic (exact) mass is 259 g/mol. The number of nitrogens with two attached hydrogens (primary N) is 2. The quantitative estimate of drug-likeness (QED) is 0.705. The Morgan fingerprint density at radius 3 is 2.88 bits per heavy atom. The minimum Gasteiger partial charge on any atom is -0.383 e. The summed E-state index contributed by atoms with van der Waals surface area (Å²) in [7, 11) is 1.52. The highest BCUT2D eigenvalue weighted by molar-refractivity contribution is 6.30. The predicted molar refractivity (Wildman–Crippen MR) is 67.7 cm³/mol. The van der Waals surface area contributed by atoms with Crippen molar-refractivity contribution in [2.45, 2.75) is 18.4 Å². The number of anilines is 1. The molecule has 0 fully saturated rings. The lowest BCUT2D eigenvalue weighted by molar-refractivity contribution is -0.0425. The third kappa shape index (κ3) is 3.54. The molecule has 0 amide bonds. The Morgan fingerprint density at radius 1 is 1.59 bits per heavy atom. The number of nitrogens with zero attached hydrogens (tertiary/aromatic N) is 1. The molecule has 5 N–H and O–H groups in total. The maximum atomic E-state index is 10.6. The van der Waals surface area contributed by atoms with Gasteiger partial charge in [-0.1, -0.05) is 11.6 Å². The van der Waals surface area contributed by atoms with E-state index >= 15 is 0 Å². The Morgan fingerprint density at radius 2 is 2.29 bits per heavy atom. The van der Waals surface area contributed by atoms with Crippen molar-refractivity contribution >= 4 is 17.4 Å². The second-order valence-electron chi connectivity index (χ2n) is 3.94. The van der Waals surface area contributed by atoms with Crippen LogP contribution in [0.2, 0.25) is 5.02 Å². The van der Waals surface area contributed by atoms with Crippen LogP contribution in [-0.4, -0.2) is 30.4 Å². The third-order valence-corrected chi connectivity index (χ3v) is 2.77. The number of halogens is 1. The van der Waals surface area contributed by atoms with Gasteiger partial charge in [-0.25, -0.2) is 4.98 Å². The van der Waals surface area contributed by atoms with Gasteiger partial charge in [-0.3, -0.25) is 0 Å². The van der Waals surface area contributed by atoms with Crippen molar-refractivity contribution in [1.29, 1.82) is 0 Å². The molecule has 0 spiro atoms. The number of aliphatic hydroxyl groups is 1. The Hall–Kier alpha value is -0.880. The second-order valence-corrected chi connectivity index (χ2v) is 4.38. The molecule has 0 aromatic carbocycles. The maximum Gasteiger partial charge on any atom is 0.129 e. The molecule has 5 nitrogen and oxygen atoms in total. The molecule has 1 rings (SSSR count). The molecule has 0 bridgehead atoms. The number of methoxy groups -OCH3 is 1. The topological polar surface area (TPSA) is 94.4 Å². The van der Waals surface area contributed by atoms with Gasteiger partial charge in [0, 0.05) is 18.9 Å². The second kappa shape index (κ2) is 6.16. The molecule has 1 heterocycles. The molecule has 1 atom stereocenters. The van der Waals surface area contributed by atoms with Crippen LogP contribution in [0.1, 0.15) is 18.4 Å². The lowest BCUT2D eigenvalue weighted by Gasteiger charge is -2.28. The minimum absolute atomic E-state index is 0.124. The standard InChI is InChI=1S/C11H18ClN3O2/c1-17-7-11(16,3-2-4-13)9-5-8(12)6-15-10(9)14/h5-6,16H,2-4,7,13H2,1H3,(H2,14,15). The number of ether oxygens (including phenoxy) is 1. The molecule has 0 aliphatic rings. The van der Waals surface area contributed by atoms with E-state index in [1.165, 1.54) is 13.3 Å². The van der Waals surface area contributed by atoms with Gasteiger partial charge in [0.2, 0.25) is 0 Å². The van der Waals surface area contributed by atoms with Gasteiger partial charge in [0.25, 0.3) is 0 Å². The van der Waals surface area contributed by atoms with Crippen LogP contribution in [0.5, 0.6) is 0 Å². The van der Waals surface area contributed by atoms with E-state index in [1.807, 2.05) is 0 Å². The van der Waals surface area contributed by atoms with Crippen molar-refractivity contribution in [2.75, 3.05) is 26.0 Å². The van der Waals surface area contributed by atoms with E-state index in [2.05, 4.69) is 4.98 Å². The largest absolute Gasteiger partial charge is 0.383 e. The summed E-state index contributed by atoms with van der Waals surface area (Å²) in [5.74, 6) is 0.256. The summed E-state index contributed by atoms with van der Waals surface area (Å²) in [4.78, 5) is 3.93. The molecule has 0 aliphatic carbocycles. The Kier molecular flexibility index (Phi) is 5.14. The van der Waals surface area contributed by atoms with Crippen molar-refractivity contribution in [2.24, 2.45) is 5.73 Å². The fourth-order valence-corrected chi connectivity index (χ4v) is 1.90. The van der Waals surface area contributed by atoms with Gasteiger partial charge < -0.3 is 21.3 Å². The van der Waals surface area contributed by atoms with Crippen LogP contribution in [-0.2, 0) is 10.3 Å². The molecule has 1 aromatic heterocycles. The van der Waals surface area contributed by atoms with Crippen LogP contribution in [0.25, 0.3) is 0 Å². The number of hydrogen-bond donors (Lipinski definition) is 3. The molecule has 1 unspecified atom stereocenters. The fourth-order valence-electron chi connectivity index (χ4n) is 1.74. The number of nitrogen functional groups attached to an aromatic ring is 1. The highest BCUT2D eigenvalue weighted by atomic mass is 35.5. The van der Waals surface area contributed by atoms with E-state index in [-0.39, 0.29) is 12.4 Å². The zero-order valence-electron chi connectivity index (χ0n) is 9.82. The number of pyridine rings is 1. The number of hydrogen-bond acceptors (Lipinski definition) is 5. The van der Waals surface area contributed by atoms with Gasteiger partial charge in [0.05, 0.1) is 11.6 Å². The summed E-state index contributed by atoms with van der Waals surface area (Å²) < 4.78 is 5.04. The minimum atomic E-state index is -1.20. The first-order chi connectivity index (χ1) is 8.03. The van der Waals surface area contributed by atoms with Crippen LogP contribution < -0.4 is 11.5 Å². The van der Waals surface area contributed by atoms with Gasteiger partial charge in [-0.2, -0.15) is 0 Å². The Labute approximate surface area is 106 Å². The molecule has 6 heteroatoms. The Balaban J connectivity index is 3.07. The molecular formula is C11H18ClN3O2. The number of rotatable bonds is 6. The Bertz CT molecular complexity index is 376. The van der Waals surface area contributed by atoms with Crippen molar-refractivity contribution < 1.29 is 9.84 Å². The summed E-state index contributed by atoms with van der Waals surface area (Å²) >= 11 is 5.86. The van der Waals surface area contributed by atoms with Crippen LogP contribution in [0.15, 0.2) is 12.3 Å². The van der Waals surface area contributed by atoms with Gasteiger partial charge >= 0.3 is 0 Å². The SMILES string of the molecule is COCC(O)(CCCN)c1cc(Cl)cnc1N. The first kappa shape index (κ1) is 14.2. The van der Waals surface area contributed by atoms with E-state index in [9.17, 15) is 5.11 Å². The molecule has 0 saturated carbocycles. The zero-order valence-corrected chi connectivity index (χ0v) is 10.6. The molecule has 1 aromatic rings. The predicted octanol–water partition coefficient (Wildman–Crippen LogP) is 0.890. The fraction of sp³-hybridized carbons (Fsp3) is 0.545. The number of aromatic nitrogens is 1. The highest BCUT2D eigenvalue weighted by Crippen LogP contribution is 2.31. The molecule has 96 valence electrons. The summed E-state index contributed by atoms with van der Waals surface area (Å²) in [6.45, 7) is 0.610. The first-order valence-electron chi connectivity index (χ1n) is 5.36. The zero-order chi connectivity index (χ0) is 12.9. The van der Waals surface area contributed by atoms with E-state index in [1.54, 1.807) is 6.07 Å². The van der Waals surface area contributed by atoms with Gasteiger partial charge in [-0.15, -0.1) is 0 Å². The lowest BCUT2D eigenvalue weighted by atomic mass is 9.90. The summed E-state index contributed by atoms with van der Waals surface area (Å²) in [5.41, 5.74) is 10.5. The van der Waals surface area contributed by atoms with Gasteiger partial charge in [0.1, 0.15) is 11.4 Å². The van der Waals surface area contributed by atoms with Crippen molar-refractivity contribution in [1.82, 2.24) is 4.98 Å². The van der Waals surface area contributed by atoms with E-state index in [4.69, 9.17) is 27.8 Å². The highest BCUT2D eigenvalue weighted by Gasteiger charge is 2.31. The summed E-state index contributed by atoms with van der Waals surface area (Å²) in [6.07, 6.45) is 2.55. The van der Waals surface area contributed by atoms with Crippen LogP contribution >= 0.6 is 11.6 Å². The molecule has 0 aliphatic heterocycles. The lowest BCUT2D eigenvalue weighted by Crippen LogP contribution is -2.33. The average molecular weight is 260 g/mol. The molecule has 17 heavy (non-hydrogen) atoms. The average Bonchev–Trinajstić information content (AvgIpc) is 2.30. The van der Waals surface area contributed by atoms with E-state index in [0.717, 1.165) is 0 Å². The smallest absolute Gasteiger partial charge is 0.129 e. The molecule has 0 saturated heterocycles. The molecule has 0 radical (unpaired) electrons.